The molecule has 2 aliphatic carbocycles. The van der Waals surface area contributed by atoms with E-state index < -0.39 is 0 Å². The van der Waals surface area contributed by atoms with E-state index in [1.165, 1.54) is 58.4 Å². The standard InChI is InChI=1S/C29H35NO2/c1-19-16-23-24(28(4,5)13-12-27(23,2)3)17-22(19)29(14-15-29)21-8-6-20(7-9-21)18-30-25(31)10-11-26(30)32/h6-9,16-17H,10-15,18H2,1-5H3. The topological polar surface area (TPSA) is 37.4 Å². The van der Waals surface area contributed by atoms with Crippen molar-refractivity contribution in [2.45, 2.75) is 95.9 Å². The van der Waals surface area contributed by atoms with Crippen molar-refractivity contribution in [3.05, 3.63) is 69.8 Å². The number of carbonyl (C=O) groups excluding carboxylic acids is 2. The summed E-state index contributed by atoms with van der Waals surface area (Å²) >= 11 is 0. The van der Waals surface area contributed by atoms with Gasteiger partial charge in [0, 0.05) is 18.3 Å². The van der Waals surface area contributed by atoms with Crippen LogP contribution in [0, 0.1) is 6.92 Å². The van der Waals surface area contributed by atoms with E-state index in [1.54, 1.807) is 0 Å². The minimum absolute atomic E-state index is 0.0482. The van der Waals surface area contributed by atoms with Crippen LogP contribution in [0.5, 0.6) is 0 Å². The maximum absolute atomic E-state index is 12.0. The van der Waals surface area contributed by atoms with Crippen LogP contribution in [0.25, 0.3) is 0 Å². The van der Waals surface area contributed by atoms with Gasteiger partial charge in [0.1, 0.15) is 0 Å². The van der Waals surface area contributed by atoms with Gasteiger partial charge in [0.15, 0.2) is 0 Å². The summed E-state index contributed by atoms with van der Waals surface area (Å²) in [6, 6.07) is 13.7. The van der Waals surface area contributed by atoms with Gasteiger partial charge in [-0.25, -0.2) is 0 Å². The molecular weight excluding hydrogens is 394 g/mol. The van der Waals surface area contributed by atoms with Crippen LogP contribution in [-0.2, 0) is 32.4 Å². The predicted molar refractivity (Wildman–Crippen MR) is 128 cm³/mol. The summed E-state index contributed by atoms with van der Waals surface area (Å²) in [5.41, 5.74) is 8.89. The zero-order valence-corrected chi connectivity index (χ0v) is 20.2. The number of aryl methyl sites for hydroxylation is 1. The smallest absolute Gasteiger partial charge is 0.229 e. The van der Waals surface area contributed by atoms with Crippen molar-refractivity contribution in [1.82, 2.24) is 4.90 Å². The van der Waals surface area contributed by atoms with Crippen LogP contribution < -0.4 is 0 Å². The van der Waals surface area contributed by atoms with Gasteiger partial charge in [-0.05, 0) is 76.8 Å². The Hall–Kier alpha value is -2.42. The highest BCUT2D eigenvalue weighted by Crippen LogP contribution is 2.56. The maximum Gasteiger partial charge on any atom is 0.229 e. The van der Waals surface area contributed by atoms with Gasteiger partial charge in [-0.3, -0.25) is 14.5 Å². The Balaban J connectivity index is 1.48. The molecule has 1 saturated carbocycles. The number of imide groups is 1. The number of rotatable bonds is 4. The van der Waals surface area contributed by atoms with Crippen LogP contribution in [0.4, 0.5) is 0 Å². The van der Waals surface area contributed by atoms with Crippen molar-refractivity contribution in [2.75, 3.05) is 0 Å². The monoisotopic (exact) mass is 429 g/mol. The van der Waals surface area contributed by atoms with Crippen molar-refractivity contribution in [3.8, 4) is 0 Å². The molecule has 0 atom stereocenters. The molecule has 2 aromatic rings. The fourth-order valence-corrected chi connectivity index (χ4v) is 5.99. The quantitative estimate of drug-likeness (QED) is 0.553. The molecule has 0 bridgehead atoms. The van der Waals surface area contributed by atoms with Gasteiger partial charge < -0.3 is 0 Å². The van der Waals surface area contributed by atoms with E-state index in [0.717, 1.165) is 5.56 Å². The fraction of sp³-hybridized carbons (Fsp3) is 0.517. The number of carbonyl (C=O) groups is 2. The molecule has 1 saturated heterocycles. The molecule has 1 aliphatic heterocycles. The highest BCUT2D eigenvalue weighted by molar-refractivity contribution is 6.01. The zero-order valence-electron chi connectivity index (χ0n) is 20.2. The van der Waals surface area contributed by atoms with E-state index in [1.807, 2.05) is 0 Å². The minimum Gasteiger partial charge on any atom is -0.278 e. The average Bonchev–Trinajstić information content (AvgIpc) is 3.49. The number of fused-ring (bicyclic) bond motifs is 1. The Bertz CT molecular complexity index is 1090. The average molecular weight is 430 g/mol. The SMILES string of the molecule is Cc1cc2c(cc1C1(c3ccc(CN4C(=O)CCC4=O)cc3)CC1)C(C)(C)CCC2(C)C. The molecule has 32 heavy (non-hydrogen) atoms. The lowest BCUT2D eigenvalue weighted by molar-refractivity contribution is -0.139. The Morgan fingerprint density at radius 3 is 1.81 bits per heavy atom. The molecule has 0 spiro atoms. The molecule has 2 fully saturated rings. The molecule has 168 valence electrons. The Kier molecular flexibility index (Phi) is 4.71. The number of hydrogen-bond donors (Lipinski definition) is 0. The second-order valence-electron chi connectivity index (χ2n) is 11.6. The van der Waals surface area contributed by atoms with Crippen molar-refractivity contribution in [1.29, 1.82) is 0 Å². The second kappa shape index (κ2) is 7.04. The molecule has 2 aromatic carbocycles. The lowest BCUT2D eigenvalue weighted by Crippen LogP contribution is -2.34. The Morgan fingerprint density at radius 1 is 0.750 bits per heavy atom. The van der Waals surface area contributed by atoms with Gasteiger partial charge in [-0.15, -0.1) is 0 Å². The first-order valence-electron chi connectivity index (χ1n) is 12.1. The van der Waals surface area contributed by atoms with Crippen LogP contribution in [-0.4, -0.2) is 16.7 Å². The van der Waals surface area contributed by atoms with Crippen LogP contribution in [0.3, 0.4) is 0 Å². The number of nitrogens with zero attached hydrogens (tertiary/aromatic N) is 1. The summed E-state index contributed by atoms with van der Waals surface area (Å²) in [6.07, 6.45) is 5.53. The first-order valence-corrected chi connectivity index (χ1v) is 12.1. The molecule has 0 radical (unpaired) electrons. The van der Waals surface area contributed by atoms with E-state index in [-0.39, 0.29) is 28.1 Å². The second-order valence-corrected chi connectivity index (χ2v) is 11.6. The molecule has 3 nitrogen and oxygen atoms in total. The zero-order chi connectivity index (χ0) is 22.9. The molecule has 5 rings (SSSR count). The third-order valence-electron chi connectivity index (χ3n) is 8.47. The molecule has 0 unspecified atom stereocenters. The largest absolute Gasteiger partial charge is 0.278 e. The lowest BCUT2D eigenvalue weighted by atomic mass is 9.62. The summed E-state index contributed by atoms with van der Waals surface area (Å²) in [7, 11) is 0. The van der Waals surface area contributed by atoms with Crippen molar-refractivity contribution in [3.63, 3.8) is 0 Å². The first kappa shape index (κ1) is 21.4. The third-order valence-corrected chi connectivity index (χ3v) is 8.47. The summed E-state index contributed by atoms with van der Waals surface area (Å²) in [5.74, 6) is -0.0964. The van der Waals surface area contributed by atoms with Crippen LogP contribution in [0.1, 0.15) is 99.6 Å². The van der Waals surface area contributed by atoms with Crippen molar-refractivity contribution in [2.24, 2.45) is 0 Å². The van der Waals surface area contributed by atoms with Crippen molar-refractivity contribution >= 4 is 11.8 Å². The molecule has 0 aromatic heterocycles. The maximum atomic E-state index is 12.0. The predicted octanol–water partition coefficient (Wildman–Crippen LogP) is 6.07. The fourth-order valence-electron chi connectivity index (χ4n) is 5.99. The number of amides is 2. The molecule has 1 heterocycles. The summed E-state index contributed by atoms with van der Waals surface area (Å²) in [6.45, 7) is 12.3. The normalized spacial score (nSPS) is 22.7. The van der Waals surface area contributed by atoms with Gasteiger partial charge >= 0.3 is 0 Å². The third kappa shape index (κ3) is 3.32. The van der Waals surface area contributed by atoms with Gasteiger partial charge in [-0.1, -0.05) is 64.1 Å². The number of benzene rings is 2. The molecule has 2 amide bonds. The Morgan fingerprint density at radius 2 is 1.28 bits per heavy atom. The highest BCUT2D eigenvalue weighted by Gasteiger charge is 2.48. The van der Waals surface area contributed by atoms with Crippen LogP contribution in [0.2, 0.25) is 0 Å². The van der Waals surface area contributed by atoms with E-state index in [4.69, 9.17) is 0 Å². The van der Waals surface area contributed by atoms with E-state index in [2.05, 4.69) is 71.0 Å². The summed E-state index contributed by atoms with van der Waals surface area (Å²) < 4.78 is 0. The minimum atomic E-state index is -0.0482. The Labute approximate surface area is 192 Å². The van der Waals surface area contributed by atoms with E-state index in [9.17, 15) is 9.59 Å². The van der Waals surface area contributed by atoms with Gasteiger partial charge in [0.25, 0.3) is 0 Å². The van der Waals surface area contributed by atoms with Crippen LogP contribution >= 0.6 is 0 Å². The lowest BCUT2D eigenvalue weighted by Gasteiger charge is -2.43. The molecule has 3 aliphatic rings. The first-order chi connectivity index (χ1) is 15.0. The number of hydrogen-bond acceptors (Lipinski definition) is 2. The molecule has 0 N–H and O–H groups in total. The van der Waals surface area contributed by atoms with Gasteiger partial charge in [0.2, 0.25) is 11.8 Å². The molecule has 3 heteroatoms. The molecular formula is C29H35NO2. The van der Waals surface area contributed by atoms with E-state index in [0.29, 0.717) is 19.4 Å². The van der Waals surface area contributed by atoms with Crippen molar-refractivity contribution < 1.29 is 9.59 Å². The van der Waals surface area contributed by atoms with Gasteiger partial charge in [0.05, 0.1) is 6.54 Å². The number of likely N-dealkylation sites (tertiary alicyclic amines) is 1. The van der Waals surface area contributed by atoms with E-state index >= 15 is 0 Å². The highest BCUT2D eigenvalue weighted by atomic mass is 16.2. The summed E-state index contributed by atoms with van der Waals surface area (Å²) in [5, 5.41) is 0. The van der Waals surface area contributed by atoms with Gasteiger partial charge in [-0.2, -0.15) is 0 Å². The van der Waals surface area contributed by atoms with Crippen LogP contribution in [0.15, 0.2) is 36.4 Å². The summed E-state index contributed by atoms with van der Waals surface area (Å²) in [4.78, 5) is 25.3.